The second-order valence-electron chi connectivity index (χ2n) is 4.06. The third kappa shape index (κ3) is 3.18. The van der Waals surface area contributed by atoms with E-state index in [0.29, 0.717) is 5.82 Å². The lowest BCUT2D eigenvalue weighted by Crippen LogP contribution is -2.22. The van der Waals surface area contributed by atoms with Crippen molar-refractivity contribution in [1.82, 2.24) is 9.97 Å². The van der Waals surface area contributed by atoms with E-state index in [1.807, 2.05) is 25.2 Å². The number of rotatable bonds is 5. The van der Waals surface area contributed by atoms with Crippen LogP contribution in [0.4, 0.5) is 11.6 Å². The number of nitrogens with two attached hydrogens (primary N) is 1. The zero-order chi connectivity index (χ0) is 12.8. The average molecular weight is 243 g/mol. The van der Waals surface area contributed by atoms with Crippen molar-refractivity contribution >= 4 is 11.6 Å². The van der Waals surface area contributed by atoms with Crippen LogP contribution in [0.25, 0.3) is 0 Å². The molecule has 18 heavy (non-hydrogen) atoms. The molecule has 0 spiro atoms. The van der Waals surface area contributed by atoms with Crippen molar-refractivity contribution in [1.29, 1.82) is 0 Å². The number of nitrogens with zero attached hydrogens (tertiary/aromatic N) is 3. The number of likely N-dealkylation sites (N-methyl/N-ethyl adjacent to an activating group) is 1. The van der Waals surface area contributed by atoms with Gasteiger partial charge in [0.25, 0.3) is 0 Å². The van der Waals surface area contributed by atoms with Crippen molar-refractivity contribution in [3.8, 4) is 0 Å². The van der Waals surface area contributed by atoms with Gasteiger partial charge in [-0.25, -0.2) is 10.8 Å². The molecular weight excluding hydrogens is 226 g/mol. The molecule has 0 bridgehead atoms. The molecule has 0 aliphatic carbocycles. The third-order valence-electron chi connectivity index (χ3n) is 2.74. The van der Waals surface area contributed by atoms with Gasteiger partial charge in [-0.2, -0.15) is 0 Å². The number of hydrazine groups is 1. The molecule has 2 rings (SSSR count). The van der Waals surface area contributed by atoms with Gasteiger partial charge in [0.1, 0.15) is 5.82 Å². The van der Waals surface area contributed by atoms with E-state index in [0.717, 1.165) is 18.8 Å². The normalized spacial score (nSPS) is 10.1. The van der Waals surface area contributed by atoms with Crippen LogP contribution in [0.5, 0.6) is 0 Å². The fourth-order valence-corrected chi connectivity index (χ4v) is 1.67. The molecule has 0 amide bonds. The van der Waals surface area contributed by atoms with Crippen LogP contribution in [0.1, 0.15) is 5.56 Å². The van der Waals surface area contributed by atoms with Crippen molar-refractivity contribution in [2.75, 3.05) is 23.9 Å². The number of anilines is 2. The summed E-state index contributed by atoms with van der Waals surface area (Å²) in [5.74, 6) is 6.69. The smallest absolute Gasteiger partial charge is 0.160 e. The molecule has 0 fully saturated rings. The topological polar surface area (TPSA) is 67.1 Å². The average Bonchev–Trinajstić information content (AvgIpc) is 2.46. The summed E-state index contributed by atoms with van der Waals surface area (Å²) in [7, 11) is 1.99. The molecule has 1 aromatic heterocycles. The van der Waals surface area contributed by atoms with E-state index in [1.165, 1.54) is 5.56 Å². The lowest BCUT2D eigenvalue weighted by molar-refractivity contribution is 0.855. The largest absolute Gasteiger partial charge is 0.358 e. The molecule has 0 atom stereocenters. The van der Waals surface area contributed by atoms with E-state index in [-0.39, 0.29) is 0 Å². The number of nitrogens with one attached hydrogen (secondary N) is 1. The van der Waals surface area contributed by atoms with Crippen LogP contribution in [0.3, 0.4) is 0 Å². The summed E-state index contributed by atoms with van der Waals surface area (Å²) < 4.78 is 0. The standard InChI is InChI=1S/C13H17N5/c1-18(8-7-11-5-3-2-4-6-11)13-10-15-9-12(16-13)17-14/h2-6,9-10H,7-8,14H2,1H3,(H,16,17). The van der Waals surface area contributed by atoms with Gasteiger partial charge >= 0.3 is 0 Å². The summed E-state index contributed by atoms with van der Waals surface area (Å²) in [4.78, 5) is 10.5. The Balaban J connectivity index is 1.97. The molecule has 0 aliphatic rings. The summed E-state index contributed by atoms with van der Waals surface area (Å²) in [5, 5.41) is 0. The summed E-state index contributed by atoms with van der Waals surface area (Å²) >= 11 is 0. The number of hydrogen-bond donors (Lipinski definition) is 2. The Kier molecular flexibility index (Phi) is 4.09. The van der Waals surface area contributed by atoms with E-state index >= 15 is 0 Å². The Bertz CT molecular complexity index is 486. The molecule has 1 heterocycles. The number of nitrogen functional groups attached to an aromatic ring is 1. The maximum absolute atomic E-state index is 5.31. The van der Waals surface area contributed by atoms with Crippen molar-refractivity contribution in [2.45, 2.75) is 6.42 Å². The fraction of sp³-hybridized carbons (Fsp3) is 0.231. The van der Waals surface area contributed by atoms with Gasteiger partial charge in [0.15, 0.2) is 5.82 Å². The molecule has 3 N–H and O–H groups in total. The van der Waals surface area contributed by atoms with E-state index in [1.54, 1.807) is 12.4 Å². The molecule has 5 heteroatoms. The third-order valence-corrected chi connectivity index (χ3v) is 2.74. The van der Waals surface area contributed by atoms with Gasteiger partial charge in [0.2, 0.25) is 0 Å². The van der Waals surface area contributed by atoms with Gasteiger partial charge in [-0.05, 0) is 12.0 Å². The fourth-order valence-electron chi connectivity index (χ4n) is 1.67. The molecule has 1 aromatic carbocycles. The van der Waals surface area contributed by atoms with Crippen LogP contribution in [-0.4, -0.2) is 23.6 Å². The molecule has 94 valence electrons. The minimum absolute atomic E-state index is 0.569. The highest BCUT2D eigenvalue weighted by Gasteiger charge is 2.04. The number of benzene rings is 1. The van der Waals surface area contributed by atoms with Crippen LogP contribution in [0, 0.1) is 0 Å². The number of hydrogen-bond acceptors (Lipinski definition) is 5. The maximum atomic E-state index is 5.31. The predicted molar refractivity (Wildman–Crippen MR) is 73.3 cm³/mol. The molecule has 0 aliphatic heterocycles. The van der Waals surface area contributed by atoms with Gasteiger partial charge in [0, 0.05) is 13.6 Å². The predicted octanol–water partition coefficient (Wildman–Crippen LogP) is 1.44. The zero-order valence-electron chi connectivity index (χ0n) is 10.4. The van der Waals surface area contributed by atoms with Crippen LogP contribution < -0.4 is 16.2 Å². The molecule has 0 unspecified atom stereocenters. The molecule has 0 radical (unpaired) electrons. The molecular formula is C13H17N5. The van der Waals surface area contributed by atoms with Crippen LogP contribution in [0.2, 0.25) is 0 Å². The maximum Gasteiger partial charge on any atom is 0.160 e. The van der Waals surface area contributed by atoms with Gasteiger partial charge in [-0.3, -0.25) is 4.98 Å². The monoisotopic (exact) mass is 243 g/mol. The van der Waals surface area contributed by atoms with Crippen LogP contribution in [0.15, 0.2) is 42.7 Å². The Morgan fingerprint density at radius 3 is 2.72 bits per heavy atom. The summed E-state index contributed by atoms with van der Waals surface area (Å²) in [6.45, 7) is 0.882. The first-order valence-electron chi connectivity index (χ1n) is 5.83. The minimum atomic E-state index is 0.569. The molecule has 2 aromatic rings. The van der Waals surface area contributed by atoms with Gasteiger partial charge in [-0.1, -0.05) is 30.3 Å². The quantitative estimate of drug-likeness (QED) is 0.614. The SMILES string of the molecule is CN(CCc1ccccc1)c1cncc(NN)n1. The molecule has 0 saturated carbocycles. The first-order valence-corrected chi connectivity index (χ1v) is 5.83. The van der Waals surface area contributed by atoms with Gasteiger partial charge in [-0.15, -0.1) is 0 Å². The second kappa shape index (κ2) is 5.97. The Morgan fingerprint density at radius 1 is 1.22 bits per heavy atom. The van der Waals surface area contributed by atoms with Gasteiger partial charge < -0.3 is 10.3 Å². The lowest BCUT2D eigenvalue weighted by atomic mass is 10.1. The molecule has 5 nitrogen and oxygen atoms in total. The summed E-state index contributed by atoms with van der Waals surface area (Å²) in [6, 6.07) is 10.4. The van der Waals surface area contributed by atoms with E-state index in [4.69, 9.17) is 5.84 Å². The van der Waals surface area contributed by atoms with E-state index < -0.39 is 0 Å². The Morgan fingerprint density at radius 2 is 2.00 bits per heavy atom. The first kappa shape index (κ1) is 12.3. The minimum Gasteiger partial charge on any atom is -0.358 e. The van der Waals surface area contributed by atoms with E-state index in [9.17, 15) is 0 Å². The van der Waals surface area contributed by atoms with Crippen LogP contribution >= 0.6 is 0 Å². The summed E-state index contributed by atoms with van der Waals surface area (Å²) in [5.41, 5.74) is 3.81. The van der Waals surface area contributed by atoms with Crippen molar-refractivity contribution < 1.29 is 0 Å². The van der Waals surface area contributed by atoms with Crippen molar-refractivity contribution in [3.63, 3.8) is 0 Å². The highest BCUT2D eigenvalue weighted by Crippen LogP contribution is 2.11. The number of aromatic nitrogens is 2. The van der Waals surface area contributed by atoms with Crippen molar-refractivity contribution in [3.05, 3.63) is 48.3 Å². The van der Waals surface area contributed by atoms with Gasteiger partial charge in [0.05, 0.1) is 12.4 Å². The zero-order valence-corrected chi connectivity index (χ0v) is 10.4. The first-order chi connectivity index (χ1) is 8.79. The van der Waals surface area contributed by atoms with Crippen LogP contribution in [-0.2, 0) is 6.42 Å². The summed E-state index contributed by atoms with van der Waals surface area (Å²) in [6.07, 6.45) is 4.29. The lowest BCUT2D eigenvalue weighted by Gasteiger charge is -2.18. The second-order valence-corrected chi connectivity index (χ2v) is 4.06. The molecule has 0 saturated heterocycles. The van der Waals surface area contributed by atoms with E-state index in [2.05, 4.69) is 32.4 Å². The Labute approximate surface area is 107 Å². The highest BCUT2D eigenvalue weighted by molar-refractivity contribution is 5.42. The van der Waals surface area contributed by atoms with Crippen molar-refractivity contribution in [2.24, 2.45) is 5.84 Å². The Hall–Kier alpha value is -2.14. The highest BCUT2D eigenvalue weighted by atomic mass is 15.3.